The molecule has 7 nitrogen and oxygen atoms in total. The number of carbonyl (C=O) groups is 3. The SMILES string of the molecule is CCCN1CC=C[C@@]2(C)S[C@]34C=CCN(C(C)(C)C)C(=O)C3N([C@@H](CO)[C@@H](C)CC)C(=O)[C@@H]4[C@H]2C1=O. The second kappa shape index (κ2) is 9.50. The maximum atomic E-state index is 14.5. The molecule has 1 unspecified atom stereocenters. The highest BCUT2D eigenvalue weighted by atomic mass is 32.2. The molecule has 0 radical (unpaired) electrons. The van der Waals surface area contributed by atoms with Crippen molar-refractivity contribution in [1.29, 1.82) is 0 Å². The first-order valence-corrected chi connectivity index (χ1v) is 14.3. The van der Waals surface area contributed by atoms with Crippen molar-refractivity contribution in [2.24, 2.45) is 17.8 Å². The van der Waals surface area contributed by atoms with E-state index < -0.39 is 39.0 Å². The standard InChI is InChI=1S/C28H43N3O4S/c1-8-14-29-15-10-12-27(7)20(23(29)33)21-24(34)31(19(17-32)18(3)9-2)22-25(35)30(26(4,5)6)16-11-13-28(21,22)36-27/h10-13,18-22,32H,8-9,14-17H2,1-7H3/t18-,19-,20-,21-,22?,27+,28-/m0/s1. The Morgan fingerprint density at radius 3 is 2.31 bits per heavy atom. The van der Waals surface area contributed by atoms with Gasteiger partial charge in [-0.1, -0.05) is 51.5 Å². The summed E-state index contributed by atoms with van der Waals surface area (Å²) in [7, 11) is 0. The van der Waals surface area contributed by atoms with Crippen LogP contribution in [0, 0.1) is 17.8 Å². The molecule has 0 aromatic heterocycles. The smallest absolute Gasteiger partial charge is 0.247 e. The van der Waals surface area contributed by atoms with Gasteiger partial charge in [-0.15, -0.1) is 11.8 Å². The number of rotatable bonds is 6. The summed E-state index contributed by atoms with van der Waals surface area (Å²) in [6.07, 6.45) is 9.84. The van der Waals surface area contributed by atoms with Crippen molar-refractivity contribution in [3.8, 4) is 0 Å². The Bertz CT molecular complexity index is 974. The summed E-state index contributed by atoms with van der Waals surface area (Å²) in [5.41, 5.74) is -0.435. The van der Waals surface area contributed by atoms with E-state index in [-0.39, 0.29) is 30.2 Å². The van der Waals surface area contributed by atoms with Crippen LogP contribution < -0.4 is 0 Å². The van der Waals surface area contributed by atoms with Gasteiger partial charge < -0.3 is 19.8 Å². The van der Waals surface area contributed by atoms with Gasteiger partial charge in [0.15, 0.2) is 0 Å². The number of carbonyl (C=O) groups excluding carboxylic acids is 3. The molecule has 1 N–H and O–H groups in total. The molecule has 4 aliphatic rings. The van der Waals surface area contributed by atoms with Crippen molar-refractivity contribution in [3.05, 3.63) is 24.3 Å². The third-order valence-corrected chi connectivity index (χ3v) is 10.5. The van der Waals surface area contributed by atoms with E-state index in [0.717, 1.165) is 12.8 Å². The van der Waals surface area contributed by atoms with Crippen molar-refractivity contribution >= 4 is 29.5 Å². The van der Waals surface area contributed by atoms with Crippen LogP contribution in [0.5, 0.6) is 0 Å². The fraction of sp³-hybridized carbons (Fsp3) is 0.750. The average molecular weight is 518 g/mol. The normalized spacial score (nSPS) is 35.9. The Kier molecular flexibility index (Phi) is 7.19. The van der Waals surface area contributed by atoms with Gasteiger partial charge in [0.25, 0.3) is 0 Å². The quantitative estimate of drug-likeness (QED) is 0.548. The van der Waals surface area contributed by atoms with E-state index in [1.54, 1.807) is 16.7 Å². The third kappa shape index (κ3) is 3.94. The van der Waals surface area contributed by atoms with Crippen LogP contribution in [0.4, 0.5) is 0 Å². The molecule has 0 aliphatic carbocycles. The molecule has 2 fully saturated rings. The Morgan fingerprint density at radius 2 is 1.72 bits per heavy atom. The number of hydrogen-bond donors (Lipinski definition) is 1. The van der Waals surface area contributed by atoms with E-state index in [1.165, 1.54) is 0 Å². The minimum atomic E-state index is -0.871. The summed E-state index contributed by atoms with van der Waals surface area (Å²) in [4.78, 5) is 48.3. The molecular weight excluding hydrogens is 474 g/mol. The third-order valence-electron chi connectivity index (χ3n) is 8.73. The van der Waals surface area contributed by atoms with Crippen LogP contribution in [0.15, 0.2) is 24.3 Å². The van der Waals surface area contributed by atoms with Gasteiger partial charge in [-0.2, -0.15) is 0 Å². The van der Waals surface area contributed by atoms with Crippen LogP contribution in [0.25, 0.3) is 0 Å². The lowest BCUT2D eigenvalue weighted by Gasteiger charge is -2.43. The Hall–Kier alpha value is -1.80. The van der Waals surface area contributed by atoms with Crippen molar-refractivity contribution in [2.45, 2.75) is 88.4 Å². The molecule has 0 aromatic rings. The largest absolute Gasteiger partial charge is 0.394 e. The zero-order valence-corrected chi connectivity index (χ0v) is 23.7. The van der Waals surface area contributed by atoms with Gasteiger partial charge in [0.1, 0.15) is 6.04 Å². The maximum absolute atomic E-state index is 14.5. The fourth-order valence-corrected chi connectivity index (χ4v) is 8.90. The molecule has 4 rings (SSSR count). The molecule has 7 atom stereocenters. The molecule has 1 spiro atoms. The average Bonchev–Trinajstić information content (AvgIpc) is 3.07. The number of hydrogen-bond acceptors (Lipinski definition) is 5. The first-order chi connectivity index (χ1) is 16.9. The number of likely N-dealkylation sites (tertiary alicyclic amines) is 1. The van der Waals surface area contributed by atoms with Gasteiger partial charge in [-0.25, -0.2) is 0 Å². The molecular formula is C28H43N3O4S. The summed E-state index contributed by atoms with van der Waals surface area (Å²) in [5, 5.41) is 10.5. The van der Waals surface area contributed by atoms with Gasteiger partial charge in [0.2, 0.25) is 17.7 Å². The van der Waals surface area contributed by atoms with Gasteiger partial charge in [0, 0.05) is 29.9 Å². The first kappa shape index (κ1) is 27.2. The monoisotopic (exact) mass is 517 g/mol. The zero-order valence-electron chi connectivity index (χ0n) is 22.9. The fourth-order valence-electron chi connectivity index (χ4n) is 6.76. The van der Waals surface area contributed by atoms with Crippen LogP contribution in [-0.4, -0.2) is 90.9 Å². The highest BCUT2D eigenvalue weighted by Gasteiger charge is 2.74. The predicted octanol–water partition coefficient (Wildman–Crippen LogP) is 3.09. The molecule has 2 saturated heterocycles. The van der Waals surface area contributed by atoms with Crippen LogP contribution in [-0.2, 0) is 14.4 Å². The van der Waals surface area contributed by atoms with Crippen molar-refractivity contribution in [2.75, 3.05) is 26.2 Å². The molecule has 0 saturated carbocycles. The van der Waals surface area contributed by atoms with Gasteiger partial charge in [-0.05, 0) is 40.0 Å². The maximum Gasteiger partial charge on any atom is 0.247 e. The minimum Gasteiger partial charge on any atom is -0.394 e. The highest BCUT2D eigenvalue weighted by molar-refractivity contribution is 8.02. The van der Waals surface area contributed by atoms with Crippen LogP contribution in [0.1, 0.15) is 61.3 Å². The van der Waals surface area contributed by atoms with Crippen LogP contribution in [0.2, 0.25) is 0 Å². The lowest BCUT2D eigenvalue weighted by Crippen LogP contribution is -2.60. The molecule has 8 heteroatoms. The number of nitrogens with zero attached hydrogens (tertiary/aromatic N) is 3. The van der Waals surface area contributed by atoms with E-state index in [1.807, 2.05) is 50.5 Å². The summed E-state index contributed by atoms with van der Waals surface area (Å²) >= 11 is 1.61. The number of aliphatic hydroxyl groups is 1. The molecule has 36 heavy (non-hydrogen) atoms. The van der Waals surface area contributed by atoms with E-state index in [4.69, 9.17) is 0 Å². The summed E-state index contributed by atoms with van der Waals surface area (Å²) in [5.74, 6) is -1.49. The lowest BCUT2D eigenvalue weighted by atomic mass is 9.74. The second-order valence-electron chi connectivity index (χ2n) is 12.1. The minimum absolute atomic E-state index is 0.00506. The molecule has 0 bridgehead atoms. The number of aliphatic hydroxyl groups excluding tert-OH is 1. The lowest BCUT2D eigenvalue weighted by molar-refractivity contribution is -0.150. The van der Waals surface area contributed by atoms with Crippen molar-refractivity contribution in [1.82, 2.24) is 14.7 Å². The van der Waals surface area contributed by atoms with Crippen LogP contribution in [0.3, 0.4) is 0 Å². The Morgan fingerprint density at radius 1 is 1.06 bits per heavy atom. The highest BCUT2D eigenvalue weighted by Crippen LogP contribution is 2.66. The van der Waals surface area contributed by atoms with Gasteiger partial charge in [-0.3, -0.25) is 14.4 Å². The number of fused-ring (bicyclic) bond motifs is 2. The first-order valence-electron chi connectivity index (χ1n) is 13.5. The topological polar surface area (TPSA) is 81.2 Å². The van der Waals surface area contributed by atoms with Gasteiger partial charge >= 0.3 is 0 Å². The molecule has 4 heterocycles. The molecule has 3 amide bonds. The van der Waals surface area contributed by atoms with E-state index in [0.29, 0.717) is 19.6 Å². The van der Waals surface area contributed by atoms with Crippen LogP contribution >= 0.6 is 11.8 Å². The Balaban J connectivity index is 1.92. The molecule has 4 aliphatic heterocycles. The zero-order chi connectivity index (χ0) is 26.6. The summed E-state index contributed by atoms with van der Waals surface area (Å²) in [6, 6.07) is -1.25. The summed E-state index contributed by atoms with van der Waals surface area (Å²) in [6.45, 7) is 15.6. The van der Waals surface area contributed by atoms with E-state index in [2.05, 4.69) is 32.1 Å². The van der Waals surface area contributed by atoms with Gasteiger partial charge in [0.05, 0.1) is 29.2 Å². The van der Waals surface area contributed by atoms with E-state index in [9.17, 15) is 19.5 Å². The molecule has 200 valence electrons. The number of amides is 3. The summed E-state index contributed by atoms with van der Waals surface area (Å²) < 4.78 is -1.47. The Labute approximate surface area is 220 Å². The number of thioether (sulfide) groups is 1. The predicted molar refractivity (Wildman–Crippen MR) is 143 cm³/mol. The molecule has 0 aromatic carbocycles. The van der Waals surface area contributed by atoms with Crippen molar-refractivity contribution in [3.63, 3.8) is 0 Å². The van der Waals surface area contributed by atoms with E-state index >= 15 is 0 Å². The van der Waals surface area contributed by atoms with Crippen molar-refractivity contribution < 1.29 is 19.5 Å². The second-order valence-corrected chi connectivity index (χ2v) is 13.9.